The van der Waals surface area contributed by atoms with Gasteiger partial charge in [-0.05, 0) is 18.1 Å². The molecule has 0 bridgehead atoms. The van der Waals surface area contributed by atoms with E-state index in [0.29, 0.717) is 22.8 Å². The van der Waals surface area contributed by atoms with Gasteiger partial charge in [-0.2, -0.15) is 18.3 Å². The number of fused-ring (bicyclic) bond motifs is 1. The number of halogens is 3. The van der Waals surface area contributed by atoms with Crippen molar-refractivity contribution < 1.29 is 26.4 Å². The third kappa shape index (κ3) is 5.46. The minimum atomic E-state index is -4.41. The highest BCUT2D eigenvalue weighted by atomic mass is 32.2. The summed E-state index contributed by atoms with van der Waals surface area (Å²) >= 11 is 1.06. The zero-order valence-corrected chi connectivity index (χ0v) is 20.8. The van der Waals surface area contributed by atoms with Crippen molar-refractivity contribution in [3.63, 3.8) is 0 Å². The van der Waals surface area contributed by atoms with E-state index in [0.717, 1.165) is 35.2 Å². The number of benzene rings is 1. The van der Waals surface area contributed by atoms with Gasteiger partial charge in [-0.3, -0.25) is 4.79 Å². The first-order valence-electron chi connectivity index (χ1n) is 10.7. The SMILES string of the molecule is CC1C(C(F)(F)F)=CC=CC1c1nc2cc(C3=NN(CCNS(C)(=O)=O)C(=O)SC3)ccc2n1C. The number of amides is 1. The first-order valence-corrected chi connectivity index (χ1v) is 13.6. The first-order chi connectivity index (χ1) is 16.3. The lowest BCUT2D eigenvalue weighted by Crippen LogP contribution is -2.36. The maximum atomic E-state index is 13.4. The topological polar surface area (TPSA) is 96.7 Å². The minimum Gasteiger partial charge on any atom is -0.331 e. The molecule has 1 amide bonds. The van der Waals surface area contributed by atoms with E-state index in [9.17, 15) is 26.4 Å². The second-order valence-electron chi connectivity index (χ2n) is 8.44. The van der Waals surface area contributed by atoms with E-state index in [2.05, 4.69) is 14.8 Å². The number of imidazole rings is 1. The normalized spacial score (nSPS) is 21.4. The number of hydrazone groups is 1. The lowest BCUT2D eigenvalue weighted by Gasteiger charge is -2.27. The molecule has 1 aliphatic carbocycles. The molecule has 2 aliphatic rings. The molecule has 0 saturated carbocycles. The summed E-state index contributed by atoms with van der Waals surface area (Å²) in [5, 5.41) is 5.33. The second kappa shape index (κ2) is 9.43. The highest BCUT2D eigenvalue weighted by Crippen LogP contribution is 2.42. The molecular formula is C22H24F3N5O3S2. The zero-order valence-electron chi connectivity index (χ0n) is 19.2. The minimum absolute atomic E-state index is 0.0337. The van der Waals surface area contributed by atoms with E-state index in [1.807, 2.05) is 12.1 Å². The van der Waals surface area contributed by atoms with Gasteiger partial charge in [0.1, 0.15) is 5.82 Å². The number of carbonyl (C=O) groups excluding carboxylic acids is 1. The molecule has 2 heterocycles. The Labute approximate surface area is 205 Å². The van der Waals surface area contributed by atoms with Crippen LogP contribution >= 0.6 is 11.8 Å². The number of hydrogen-bond acceptors (Lipinski definition) is 6. The number of carbonyl (C=O) groups is 1. The molecule has 0 radical (unpaired) electrons. The maximum absolute atomic E-state index is 13.4. The van der Waals surface area contributed by atoms with Crippen LogP contribution in [0.4, 0.5) is 18.0 Å². The van der Waals surface area contributed by atoms with E-state index >= 15 is 0 Å². The van der Waals surface area contributed by atoms with Gasteiger partial charge in [0, 0.05) is 36.4 Å². The number of aromatic nitrogens is 2. The average molecular weight is 528 g/mol. The van der Waals surface area contributed by atoms with Crippen molar-refractivity contribution >= 4 is 43.8 Å². The van der Waals surface area contributed by atoms with Gasteiger partial charge in [0.15, 0.2) is 0 Å². The molecule has 4 rings (SSSR count). The largest absolute Gasteiger partial charge is 0.412 e. The van der Waals surface area contributed by atoms with Crippen molar-refractivity contribution in [1.29, 1.82) is 0 Å². The number of sulfonamides is 1. The van der Waals surface area contributed by atoms with Crippen LogP contribution in [0.2, 0.25) is 0 Å². The van der Waals surface area contributed by atoms with Gasteiger partial charge in [0.2, 0.25) is 10.0 Å². The summed E-state index contributed by atoms with van der Waals surface area (Å²) in [6.45, 7) is 1.67. The van der Waals surface area contributed by atoms with Crippen LogP contribution in [0.3, 0.4) is 0 Å². The Morgan fingerprint density at radius 3 is 2.71 bits per heavy atom. The van der Waals surface area contributed by atoms with Gasteiger partial charge in [-0.1, -0.05) is 43.0 Å². The fourth-order valence-corrected chi connectivity index (χ4v) is 5.42. The van der Waals surface area contributed by atoms with Crippen molar-refractivity contribution in [2.45, 2.75) is 19.0 Å². The molecule has 1 N–H and O–H groups in total. The third-order valence-electron chi connectivity index (χ3n) is 5.97. The Kier molecular flexibility index (Phi) is 6.86. The number of alkyl halides is 3. The standard InChI is InChI=1S/C22H24F3N5O3S2/c1-13-15(5-4-6-16(13)22(23,24)25)20-27-17-11-14(7-8-19(17)29(20)2)18-12-34-21(31)30(28-18)10-9-26-35(3,32)33/h4-8,11,13,15,26H,9-10,12H2,1-3H3. The van der Waals surface area contributed by atoms with Crippen LogP contribution < -0.4 is 4.72 Å². The quantitative estimate of drug-likeness (QED) is 0.617. The molecule has 2 aromatic rings. The van der Waals surface area contributed by atoms with Gasteiger partial charge in [-0.25, -0.2) is 23.1 Å². The first kappa shape index (κ1) is 25.5. The number of thioether (sulfide) groups is 1. The van der Waals surface area contributed by atoms with Gasteiger partial charge in [-0.15, -0.1) is 0 Å². The number of allylic oxidation sites excluding steroid dienone is 4. The van der Waals surface area contributed by atoms with Crippen molar-refractivity contribution in [2.75, 3.05) is 25.1 Å². The van der Waals surface area contributed by atoms with Crippen LogP contribution in [-0.2, 0) is 17.1 Å². The number of nitrogens with zero attached hydrogens (tertiary/aromatic N) is 4. The lowest BCUT2D eigenvalue weighted by molar-refractivity contribution is -0.0992. The molecule has 1 aromatic carbocycles. The molecule has 0 fully saturated rings. The van der Waals surface area contributed by atoms with Crippen LogP contribution in [0, 0.1) is 5.92 Å². The Morgan fingerprint density at radius 2 is 2.03 bits per heavy atom. The van der Waals surface area contributed by atoms with Crippen LogP contribution in [0.5, 0.6) is 0 Å². The third-order valence-corrected chi connectivity index (χ3v) is 7.57. The van der Waals surface area contributed by atoms with E-state index < -0.39 is 33.6 Å². The summed E-state index contributed by atoms with van der Waals surface area (Å²) in [6, 6.07) is 5.47. The number of hydrogen-bond donors (Lipinski definition) is 1. The van der Waals surface area contributed by atoms with Gasteiger partial charge < -0.3 is 4.57 Å². The smallest absolute Gasteiger partial charge is 0.331 e. The summed E-state index contributed by atoms with van der Waals surface area (Å²) in [5.74, 6) is -0.452. The summed E-state index contributed by atoms with van der Waals surface area (Å²) in [7, 11) is -1.61. The monoisotopic (exact) mass is 527 g/mol. The molecule has 13 heteroatoms. The number of aryl methyl sites for hydroxylation is 1. The predicted octanol–water partition coefficient (Wildman–Crippen LogP) is 3.77. The van der Waals surface area contributed by atoms with Crippen molar-refractivity contribution in [3.05, 3.63) is 53.4 Å². The molecule has 0 spiro atoms. The van der Waals surface area contributed by atoms with Crippen molar-refractivity contribution in [3.8, 4) is 0 Å². The van der Waals surface area contributed by atoms with E-state index in [4.69, 9.17) is 0 Å². The molecule has 0 saturated heterocycles. The van der Waals surface area contributed by atoms with Gasteiger partial charge in [0.05, 0.1) is 29.5 Å². The molecule has 2 atom stereocenters. The van der Waals surface area contributed by atoms with Gasteiger partial charge >= 0.3 is 11.4 Å². The summed E-state index contributed by atoms with van der Waals surface area (Å²) in [5.41, 5.74) is 2.14. The fraction of sp³-hybridized carbons (Fsp3) is 0.409. The van der Waals surface area contributed by atoms with Gasteiger partial charge in [0.25, 0.3) is 0 Å². The fourth-order valence-electron chi connectivity index (χ4n) is 4.19. The Morgan fingerprint density at radius 1 is 1.29 bits per heavy atom. The van der Waals surface area contributed by atoms with E-state index in [-0.39, 0.29) is 18.3 Å². The Bertz CT molecular complexity index is 1360. The second-order valence-corrected chi connectivity index (χ2v) is 11.2. The molecule has 188 valence electrons. The molecule has 1 aliphatic heterocycles. The highest BCUT2D eigenvalue weighted by Gasteiger charge is 2.41. The molecule has 1 aromatic heterocycles. The predicted molar refractivity (Wildman–Crippen MR) is 130 cm³/mol. The summed E-state index contributed by atoms with van der Waals surface area (Å²) in [6.07, 6.45) is 0.902. The van der Waals surface area contributed by atoms with Crippen molar-refractivity contribution in [2.24, 2.45) is 18.1 Å². The lowest BCUT2D eigenvalue weighted by atomic mass is 9.82. The average Bonchev–Trinajstić information content (AvgIpc) is 3.09. The van der Waals surface area contributed by atoms with Crippen LogP contribution in [0.15, 0.2) is 47.1 Å². The highest BCUT2D eigenvalue weighted by molar-refractivity contribution is 8.14. The van der Waals surface area contributed by atoms with E-state index in [1.165, 1.54) is 11.1 Å². The van der Waals surface area contributed by atoms with Crippen LogP contribution in [-0.4, -0.2) is 65.2 Å². The van der Waals surface area contributed by atoms with Crippen LogP contribution in [0.25, 0.3) is 11.0 Å². The molecule has 8 nitrogen and oxygen atoms in total. The Balaban J connectivity index is 1.61. The summed E-state index contributed by atoms with van der Waals surface area (Å²) < 4.78 is 67.0. The van der Waals surface area contributed by atoms with Crippen LogP contribution in [0.1, 0.15) is 24.2 Å². The zero-order chi connectivity index (χ0) is 25.5. The number of nitrogens with one attached hydrogen (secondary N) is 1. The Hall–Kier alpha value is -2.64. The number of rotatable bonds is 6. The molecule has 2 unspecified atom stereocenters. The van der Waals surface area contributed by atoms with E-state index in [1.54, 1.807) is 30.7 Å². The molecule has 35 heavy (non-hydrogen) atoms. The maximum Gasteiger partial charge on any atom is 0.412 e. The molecular weight excluding hydrogens is 503 g/mol. The van der Waals surface area contributed by atoms with Crippen molar-refractivity contribution in [1.82, 2.24) is 19.3 Å². The summed E-state index contributed by atoms with van der Waals surface area (Å²) in [4.78, 5) is 16.9.